The van der Waals surface area contributed by atoms with Gasteiger partial charge in [0.05, 0.1) is 0 Å². The Morgan fingerprint density at radius 1 is 1.10 bits per heavy atom. The predicted molar refractivity (Wildman–Crippen MR) is 90.6 cm³/mol. The standard InChI is InChI=1S/C20H31N/c1-4-21-20(19-12-16-7-10-18(19)11-16)13-15-5-8-17(9-6-15)14(2)3/h5-6,8-9,14,16,18-21H,4,7,10-13H2,1-3H3. The first-order valence-corrected chi connectivity index (χ1v) is 8.99. The summed E-state index contributed by atoms with van der Waals surface area (Å²) in [7, 11) is 0. The Hall–Kier alpha value is -0.820. The monoisotopic (exact) mass is 285 g/mol. The molecule has 21 heavy (non-hydrogen) atoms. The van der Waals surface area contributed by atoms with Crippen molar-refractivity contribution in [3.05, 3.63) is 35.4 Å². The van der Waals surface area contributed by atoms with E-state index in [0.717, 1.165) is 24.3 Å². The van der Waals surface area contributed by atoms with Crippen LogP contribution in [0, 0.1) is 17.8 Å². The van der Waals surface area contributed by atoms with Gasteiger partial charge in [-0.1, -0.05) is 51.5 Å². The fraction of sp³-hybridized carbons (Fsp3) is 0.700. The summed E-state index contributed by atoms with van der Waals surface area (Å²) in [5.41, 5.74) is 2.96. The summed E-state index contributed by atoms with van der Waals surface area (Å²) >= 11 is 0. The third kappa shape index (κ3) is 3.34. The highest BCUT2D eigenvalue weighted by atomic mass is 14.9. The van der Waals surface area contributed by atoms with Crippen LogP contribution in [-0.2, 0) is 6.42 Å². The molecule has 0 heterocycles. The molecule has 116 valence electrons. The summed E-state index contributed by atoms with van der Waals surface area (Å²) in [4.78, 5) is 0. The van der Waals surface area contributed by atoms with Gasteiger partial charge in [0.15, 0.2) is 0 Å². The summed E-state index contributed by atoms with van der Waals surface area (Å²) in [5.74, 6) is 3.61. The number of hydrogen-bond donors (Lipinski definition) is 1. The van der Waals surface area contributed by atoms with Crippen molar-refractivity contribution in [2.75, 3.05) is 6.54 Å². The largest absolute Gasteiger partial charge is 0.314 e. The van der Waals surface area contributed by atoms with Crippen molar-refractivity contribution in [2.45, 2.75) is 64.8 Å². The van der Waals surface area contributed by atoms with E-state index in [1.54, 1.807) is 0 Å². The van der Waals surface area contributed by atoms with Crippen LogP contribution < -0.4 is 5.32 Å². The first-order valence-electron chi connectivity index (χ1n) is 8.99. The molecule has 1 aromatic rings. The van der Waals surface area contributed by atoms with Crippen LogP contribution in [0.5, 0.6) is 0 Å². The Morgan fingerprint density at radius 2 is 1.86 bits per heavy atom. The van der Waals surface area contributed by atoms with Gasteiger partial charge in [-0.25, -0.2) is 0 Å². The van der Waals surface area contributed by atoms with Crippen molar-refractivity contribution in [3.8, 4) is 0 Å². The number of likely N-dealkylation sites (N-methyl/N-ethyl adjacent to an activating group) is 1. The maximum absolute atomic E-state index is 3.80. The zero-order valence-electron chi connectivity index (χ0n) is 13.9. The van der Waals surface area contributed by atoms with Crippen LogP contribution in [0.3, 0.4) is 0 Å². The van der Waals surface area contributed by atoms with Gasteiger partial charge in [0.1, 0.15) is 0 Å². The van der Waals surface area contributed by atoms with E-state index in [2.05, 4.69) is 50.4 Å². The van der Waals surface area contributed by atoms with Gasteiger partial charge < -0.3 is 5.32 Å². The molecule has 0 amide bonds. The second-order valence-electron chi connectivity index (χ2n) is 7.60. The summed E-state index contributed by atoms with van der Waals surface area (Å²) in [6.45, 7) is 7.89. The van der Waals surface area contributed by atoms with Gasteiger partial charge in [0.25, 0.3) is 0 Å². The Kier molecular flexibility index (Phi) is 4.69. The lowest BCUT2D eigenvalue weighted by atomic mass is 9.81. The van der Waals surface area contributed by atoms with Crippen molar-refractivity contribution >= 4 is 0 Å². The second kappa shape index (κ2) is 6.52. The van der Waals surface area contributed by atoms with E-state index in [1.165, 1.54) is 43.2 Å². The fourth-order valence-corrected chi connectivity index (χ4v) is 4.72. The Morgan fingerprint density at radius 3 is 2.38 bits per heavy atom. The molecule has 0 spiro atoms. The number of nitrogens with one attached hydrogen (secondary N) is 1. The molecule has 2 aliphatic rings. The van der Waals surface area contributed by atoms with Crippen molar-refractivity contribution < 1.29 is 0 Å². The maximum Gasteiger partial charge on any atom is 0.0138 e. The zero-order chi connectivity index (χ0) is 14.8. The molecule has 2 aliphatic carbocycles. The second-order valence-corrected chi connectivity index (χ2v) is 7.60. The van der Waals surface area contributed by atoms with Crippen LogP contribution in [0.25, 0.3) is 0 Å². The molecule has 0 saturated heterocycles. The lowest BCUT2D eigenvalue weighted by Gasteiger charge is -2.31. The molecular formula is C20H31N. The average Bonchev–Trinajstić information content (AvgIpc) is 3.10. The lowest BCUT2D eigenvalue weighted by molar-refractivity contribution is 0.249. The maximum atomic E-state index is 3.80. The van der Waals surface area contributed by atoms with Crippen molar-refractivity contribution in [1.29, 1.82) is 0 Å². The highest BCUT2D eigenvalue weighted by molar-refractivity contribution is 5.25. The van der Waals surface area contributed by atoms with Gasteiger partial charge in [0, 0.05) is 6.04 Å². The topological polar surface area (TPSA) is 12.0 Å². The van der Waals surface area contributed by atoms with Crippen molar-refractivity contribution in [2.24, 2.45) is 17.8 Å². The number of benzene rings is 1. The van der Waals surface area contributed by atoms with Crippen LogP contribution in [-0.4, -0.2) is 12.6 Å². The SMILES string of the molecule is CCNC(Cc1ccc(C(C)C)cc1)C1CC2CCC1C2. The summed E-state index contributed by atoms with van der Waals surface area (Å²) in [5, 5.41) is 3.80. The molecule has 3 rings (SSSR count). The van der Waals surface area contributed by atoms with Crippen LogP contribution >= 0.6 is 0 Å². The molecule has 2 bridgehead atoms. The van der Waals surface area contributed by atoms with Gasteiger partial charge in [-0.2, -0.15) is 0 Å². The number of hydrogen-bond acceptors (Lipinski definition) is 1. The zero-order valence-corrected chi connectivity index (χ0v) is 13.9. The highest BCUT2D eigenvalue weighted by Crippen LogP contribution is 2.49. The number of rotatable bonds is 6. The van der Waals surface area contributed by atoms with E-state index in [9.17, 15) is 0 Å². The van der Waals surface area contributed by atoms with Gasteiger partial charge in [0.2, 0.25) is 0 Å². The summed E-state index contributed by atoms with van der Waals surface area (Å²) in [6.07, 6.45) is 7.19. The normalized spacial score (nSPS) is 29.2. The third-order valence-electron chi connectivity index (χ3n) is 5.88. The summed E-state index contributed by atoms with van der Waals surface area (Å²) < 4.78 is 0. The Balaban J connectivity index is 1.67. The molecule has 4 unspecified atom stereocenters. The van der Waals surface area contributed by atoms with Crippen LogP contribution in [0.15, 0.2) is 24.3 Å². The van der Waals surface area contributed by atoms with E-state index in [1.807, 2.05) is 0 Å². The van der Waals surface area contributed by atoms with Crippen LogP contribution in [0.2, 0.25) is 0 Å². The van der Waals surface area contributed by atoms with Gasteiger partial charge in [-0.05, 0) is 67.0 Å². The molecule has 0 aliphatic heterocycles. The smallest absolute Gasteiger partial charge is 0.0138 e. The van der Waals surface area contributed by atoms with Gasteiger partial charge in [-0.15, -0.1) is 0 Å². The van der Waals surface area contributed by atoms with E-state index in [-0.39, 0.29) is 0 Å². The Labute approximate surface area is 130 Å². The lowest BCUT2D eigenvalue weighted by Crippen LogP contribution is -2.40. The quantitative estimate of drug-likeness (QED) is 0.794. The molecular weight excluding hydrogens is 254 g/mol. The molecule has 2 saturated carbocycles. The minimum absolute atomic E-state index is 0.634. The van der Waals surface area contributed by atoms with Crippen molar-refractivity contribution in [1.82, 2.24) is 5.32 Å². The molecule has 0 radical (unpaired) electrons. The van der Waals surface area contributed by atoms with E-state index >= 15 is 0 Å². The summed E-state index contributed by atoms with van der Waals surface area (Å²) in [6, 6.07) is 10.0. The average molecular weight is 285 g/mol. The molecule has 1 heteroatoms. The first-order chi connectivity index (χ1) is 10.2. The van der Waals surface area contributed by atoms with Crippen LogP contribution in [0.4, 0.5) is 0 Å². The van der Waals surface area contributed by atoms with E-state index < -0.39 is 0 Å². The minimum atomic E-state index is 0.634. The van der Waals surface area contributed by atoms with Gasteiger partial charge in [-0.3, -0.25) is 0 Å². The van der Waals surface area contributed by atoms with E-state index in [0.29, 0.717) is 12.0 Å². The Bertz CT molecular complexity index is 447. The molecule has 0 aromatic heterocycles. The molecule has 1 aromatic carbocycles. The van der Waals surface area contributed by atoms with Crippen molar-refractivity contribution in [3.63, 3.8) is 0 Å². The molecule has 1 nitrogen and oxygen atoms in total. The predicted octanol–water partition coefficient (Wildman–Crippen LogP) is 4.77. The molecule has 1 N–H and O–H groups in total. The highest BCUT2D eigenvalue weighted by Gasteiger charge is 2.42. The molecule has 4 atom stereocenters. The fourth-order valence-electron chi connectivity index (χ4n) is 4.72. The van der Waals surface area contributed by atoms with Gasteiger partial charge >= 0.3 is 0 Å². The number of fused-ring (bicyclic) bond motifs is 2. The van der Waals surface area contributed by atoms with E-state index in [4.69, 9.17) is 0 Å². The first kappa shape index (κ1) is 15.1. The van der Waals surface area contributed by atoms with Crippen LogP contribution in [0.1, 0.15) is 63.5 Å². The third-order valence-corrected chi connectivity index (χ3v) is 5.88. The minimum Gasteiger partial charge on any atom is -0.314 e. The molecule has 2 fully saturated rings.